The van der Waals surface area contributed by atoms with Crippen molar-refractivity contribution in [2.45, 2.75) is 6.42 Å². The molecule has 96 valence electrons. The first-order valence-electron chi connectivity index (χ1n) is 6.57. The molecule has 0 aromatic heterocycles. The molecule has 19 heavy (non-hydrogen) atoms. The molecule has 3 nitrogen and oxygen atoms in total. The summed E-state index contributed by atoms with van der Waals surface area (Å²) in [6, 6.07) is 12.7. The van der Waals surface area contributed by atoms with Gasteiger partial charge in [0.1, 0.15) is 13.2 Å². The van der Waals surface area contributed by atoms with E-state index in [1.165, 1.54) is 22.5 Å². The first kappa shape index (κ1) is 10.7. The summed E-state index contributed by atoms with van der Waals surface area (Å²) < 4.78 is 11.3. The van der Waals surface area contributed by atoms with E-state index in [1.807, 2.05) is 0 Å². The molecule has 0 spiro atoms. The normalized spacial score (nSPS) is 15.7. The molecule has 2 aliphatic rings. The van der Waals surface area contributed by atoms with Crippen molar-refractivity contribution in [1.29, 1.82) is 0 Å². The summed E-state index contributed by atoms with van der Waals surface area (Å²) in [7, 11) is 2.10. The van der Waals surface area contributed by atoms with E-state index in [0.29, 0.717) is 13.2 Å². The van der Waals surface area contributed by atoms with E-state index in [2.05, 4.69) is 48.3 Å². The van der Waals surface area contributed by atoms with Crippen molar-refractivity contribution in [1.82, 2.24) is 0 Å². The third-order valence-corrected chi connectivity index (χ3v) is 3.84. The van der Waals surface area contributed by atoms with Crippen molar-refractivity contribution in [3.63, 3.8) is 0 Å². The number of nitrogens with zero attached hydrogens (tertiary/aromatic N) is 1. The quantitative estimate of drug-likeness (QED) is 0.720. The first-order valence-corrected chi connectivity index (χ1v) is 6.57. The van der Waals surface area contributed by atoms with E-state index in [0.717, 1.165) is 17.9 Å². The van der Waals surface area contributed by atoms with Crippen LogP contribution in [0.3, 0.4) is 0 Å². The molecular weight excluding hydrogens is 238 g/mol. The van der Waals surface area contributed by atoms with Crippen LogP contribution in [0.1, 0.15) is 11.1 Å². The average molecular weight is 253 g/mol. The number of hydrogen-bond donors (Lipinski definition) is 0. The molecule has 0 atom stereocenters. The molecule has 0 amide bonds. The van der Waals surface area contributed by atoms with Gasteiger partial charge in [0.25, 0.3) is 0 Å². The number of ether oxygens (including phenoxy) is 2. The third kappa shape index (κ3) is 1.58. The zero-order chi connectivity index (χ0) is 12.8. The lowest BCUT2D eigenvalue weighted by Gasteiger charge is -2.31. The molecule has 2 aliphatic heterocycles. The Balaban J connectivity index is 1.87. The second-order valence-electron chi connectivity index (χ2n) is 4.99. The van der Waals surface area contributed by atoms with Gasteiger partial charge in [0.05, 0.1) is 0 Å². The van der Waals surface area contributed by atoms with Crippen LogP contribution in [-0.4, -0.2) is 20.3 Å². The van der Waals surface area contributed by atoms with Gasteiger partial charge in [-0.05, 0) is 23.3 Å². The molecule has 0 radical (unpaired) electrons. The van der Waals surface area contributed by atoms with Crippen LogP contribution in [-0.2, 0) is 6.42 Å². The molecule has 0 N–H and O–H groups in total. The number of hydrogen-bond acceptors (Lipinski definition) is 3. The Bertz CT molecular complexity index is 651. The molecule has 2 heterocycles. The van der Waals surface area contributed by atoms with Crippen molar-refractivity contribution < 1.29 is 9.47 Å². The minimum absolute atomic E-state index is 0.631. The molecule has 3 heteroatoms. The monoisotopic (exact) mass is 253 g/mol. The minimum atomic E-state index is 0.631. The second kappa shape index (κ2) is 3.92. The number of fused-ring (bicyclic) bond motifs is 3. The van der Waals surface area contributed by atoms with E-state index in [9.17, 15) is 0 Å². The van der Waals surface area contributed by atoms with Crippen LogP contribution in [0.5, 0.6) is 11.5 Å². The smallest absolute Gasteiger partial charge is 0.163 e. The Kier molecular flexibility index (Phi) is 2.21. The van der Waals surface area contributed by atoms with Crippen molar-refractivity contribution in [2.24, 2.45) is 0 Å². The van der Waals surface area contributed by atoms with Gasteiger partial charge < -0.3 is 14.4 Å². The SMILES string of the molecule is CN1c2ccccc2Cc2cc3c(cc21)OCCO3. The highest BCUT2D eigenvalue weighted by Gasteiger charge is 2.23. The van der Waals surface area contributed by atoms with Crippen LogP contribution in [0.25, 0.3) is 0 Å². The fraction of sp³-hybridized carbons (Fsp3) is 0.250. The Labute approximate surface area is 112 Å². The number of para-hydroxylation sites is 1. The summed E-state index contributed by atoms with van der Waals surface area (Å²) in [5, 5.41) is 0. The van der Waals surface area contributed by atoms with E-state index in [-0.39, 0.29) is 0 Å². The third-order valence-electron chi connectivity index (χ3n) is 3.84. The first-order chi connectivity index (χ1) is 9.33. The Morgan fingerprint density at radius 3 is 2.47 bits per heavy atom. The summed E-state index contributed by atoms with van der Waals surface area (Å²) in [5.41, 5.74) is 5.13. The second-order valence-corrected chi connectivity index (χ2v) is 4.99. The molecule has 0 bridgehead atoms. The molecule has 0 saturated carbocycles. The van der Waals surface area contributed by atoms with Crippen molar-refractivity contribution >= 4 is 11.4 Å². The van der Waals surface area contributed by atoms with Gasteiger partial charge >= 0.3 is 0 Å². The molecular formula is C16H15NO2. The van der Waals surface area contributed by atoms with Crippen molar-refractivity contribution in [3.05, 3.63) is 47.5 Å². The standard InChI is InChI=1S/C16H15NO2/c1-17-13-5-3-2-4-11(13)8-12-9-15-16(10-14(12)17)19-7-6-18-15/h2-5,9-10H,6-8H2,1H3. The number of rotatable bonds is 0. The molecule has 0 unspecified atom stereocenters. The van der Waals surface area contributed by atoms with Crippen LogP contribution >= 0.6 is 0 Å². The van der Waals surface area contributed by atoms with Crippen LogP contribution in [0.15, 0.2) is 36.4 Å². The van der Waals surface area contributed by atoms with Crippen LogP contribution in [0.4, 0.5) is 11.4 Å². The van der Waals surface area contributed by atoms with Crippen LogP contribution in [0, 0.1) is 0 Å². The van der Waals surface area contributed by atoms with Crippen molar-refractivity contribution in [3.8, 4) is 11.5 Å². The number of benzene rings is 2. The Morgan fingerprint density at radius 1 is 0.895 bits per heavy atom. The predicted molar refractivity (Wildman–Crippen MR) is 74.7 cm³/mol. The van der Waals surface area contributed by atoms with Gasteiger partial charge in [0.15, 0.2) is 11.5 Å². The maximum Gasteiger partial charge on any atom is 0.163 e. The zero-order valence-corrected chi connectivity index (χ0v) is 10.8. The summed E-state index contributed by atoms with van der Waals surface area (Å²) in [5.74, 6) is 1.73. The lowest BCUT2D eigenvalue weighted by molar-refractivity contribution is 0.171. The van der Waals surface area contributed by atoms with Gasteiger partial charge in [-0.2, -0.15) is 0 Å². The Morgan fingerprint density at radius 2 is 1.63 bits per heavy atom. The predicted octanol–water partition coefficient (Wildman–Crippen LogP) is 3.13. The molecule has 2 aromatic rings. The summed E-state index contributed by atoms with van der Waals surface area (Å²) in [6.45, 7) is 1.27. The molecule has 0 saturated heterocycles. The van der Waals surface area contributed by atoms with Gasteiger partial charge in [-0.25, -0.2) is 0 Å². The highest BCUT2D eigenvalue weighted by molar-refractivity contribution is 5.76. The average Bonchev–Trinajstić information content (AvgIpc) is 2.46. The van der Waals surface area contributed by atoms with Gasteiger partial charge in [-0.3, -0.25) is 0 Å². The van der Waals surface area contributed by atoms with E-state index in [4.69, 9.17) is 9.47 Å². The van der Waals surface area contributed by atoms with Gasteiger partial charge in [0.2, 0.25) is 0 Å². The molecule has 4 rings (SSSR count). The minimum Gasteiger partial charge on any atom is -0.486 e. The van der Waals surface area contributed by atoms with Gasteiger partial charge in [-0.1, -0.05) is 18.2 Å². The van der Waals surface area contributed by atoms with Crippen LogP contribution in [0.2, 0.25) is 0 Å². The highest BCUT2D eigenvalue weighted by Crippen LogP contribution is 2.43. The largest absolute Gasteiger partial charge is 0.486 e. The molecule has 0 fully saturated rings. The van der Waals surface area contributed by atoms with Crippen LogP contribution < -0.4 is 14.4 Å². The topological polar surface area (TPSA) is 21.7 Å². The van der Waals surface area contributed by atoms with E-state index in [1.54, 1.807) is 0 Å². The number of anilines is 2. The maximum absolute atomic E-state index is 5.67. The van der Waals surface area contributed by atoms with E-state index < -0.39 is 0 Å². The summed E-state index contributed by atoms with van der Waals surface area (Å²) in [6.07, 6.45) is 0.951. The van der Waals surface area contributed by atoms with Gasteiger partial charge in [0, 0.05) is 30.9 Å². The van der Waals surface area contributed by atoms with Gasteiger partial charge in [-0.15, -0.1) is 0 Å². The van der Waals surface area contributed by atoms with E-state index >= 15 is 0 Å². The Hall–Kier alpha value is -2.16. The van der Waals surface area contributed by atoms with Crippen molar-refractivity contribution in [2.75, 3.05) is 25.2 Å². The fourth-order valence-corrected chi connectivity index (χ4v) is 2.90. The highest BCUT2D eigenvalue weighted by atomic mass is 16.6. The summed E-state index contributed by atoms with van der Waals surface area (Å²) >= 11 is 0. The fourth-order valence-electron chi connectivity index (χ4n) is 2.90. The zero-order valence-electron chi connectivity index (χ0n) is 10.8. The maximum atomic E-state index is 5.67. The molecule has 2 aromatic carbocycles. The molecule has 0 aliphatic carbocycles. The lowest BCUT2D eigenvalue weighted by atomic mass is 9.95. The lowest BCUT2D eigenvalue weighted by Crippen LogP contribution is -2.21. The summed E-state index contributed by atoms with van der Waals surface area (Å²) in [4.78, 5) is 2.23.